The van der Waals surface area contributed by atoms with E-state index in [-0.39, 0.29) is 0 Å². The highest BCUT2D eigenvalue weighted by molar-refractivity contribution is 5.47. The molecule has 1 heterocycles. The Kier molecular flexibility index (Phi) is 3.99. The van der Waals surface area contributed by atoms with Crippen molar-refractivity contribution < 1.29 is 0 Å². The molecule has 1 saturated carbocycles. The average molecular weight is 191 g/mol. The van der Waals surface area contributed by atoms with E-state index in [9.17, 15) is 0 Å². The summed E-state index contributed by atoms with van der Waals surface area (Å²) in [6, 6.07) is 2.15. The standard InChI is InChI=1S/C9H9N.2C2H6/c1-2-10-9-5-8-4-7(8)3-6(1)9;2*1-2/h1-3,5,7-8,10H,4H2;2*1-2H3. The van der Waals surface area contributed by atoms with Crippen molar-refractivity contribution >= 4 is 12.2 Å². The molecule has 0 saturated heterocycles. The molecule has 0 aromatic carbocycles. The molecule has 1 N–H and O–H groups in total. The zero-order chi connectivity index (χ0) is 10.6. The van der Waals surface area contributed by atoms with Crippen molar-refractivity contribution in [2.45, 2.75) is 34.1 Å². The fraction of sp³-hybridized carbons (Fsp3) is 0.538. The van der Waals surface area contributed by atoms with Gasteiger partial charge in [0, 0.05) is 11.5 Å². The van der Waals surface area contributed by atoms with Gasteiger partial charge in [-0.15, -0.1) is 0 Å². The molecule has 2 aliphatic rings. The third kappa shape index (κ3) is 2.09. The predicted octanol–water partition coefficient (Wildman–Crippen LogP) is 2.28. The lowest BCUT2D eigenvalue weighted by atomic mass is 10.2. The van der Waals surface area contributed by atoms with Crippen LogP contribution in [-0.2, 0) is 0 Å². The largest absolute Gasteiger partial charge is 0.361 e. The van der Waals surface area contributed by atoms with Crippen molar-refractivity contribution in [1.29, 1.82) is 0 Å². The molecule has 1 heteroatoms. The monoisotopic (exact) mass is 191 g/mol. The van der Waals surface area contributed by atoms with Gasteiger partial charge in [-0.05, 0) is 29.5 Å². The molecule has 1 fully saturated rings. The van der Waals surface area contributed by atoms with Crippen molar-refractivity contribution in [1.82, 2.24) is 4.98 Å². The molecule has 0 bridgehead atoms. The molecule has 0 aliphatic heterocycles. The van der Waals surface area contributed by atoms with E-state index in [0.29, 0.717) is 0 Å². The van der Waals surface area contributed by atoms with Gasteiger partial charge >= 0.3 is 0 Å². The molecule has 1 aromatic heterocycles. The van der Waals surface area contributed by atoms with Gasteiger partial charge in [0.25, 0.3) is 0 Å². The Bertz CT molecular complexity index is 338. The van der Waals surface area contributed by atoms with E-state index in [2.05, 4.69) is 23.2 Å². The van der Waals surface area contributed by atoms with Crippen LogP contribution in [0.1, 0.15) is 34.1 Å². The van der Waals surface area contributed by atoms with Crippen molar-refractivity contribution in [3.63, 3.8) is 0 Å². The summed E-state index contributed by atoms with van der Waals surface area (Å²) in [6.45, 7) is 8.00. The zero-order valence-electron chi connectivity index (χ0n) is 9.67. The van der Waals surface area contributed by atoms with Gasteiger partial charge in [0.15, 0.2) is 0 Å². The Labute approximate surface area is 86.5 Å². The molecule has 14 heavy (non-hydrogen) atoms. The highest BCUT2D eigenvalue weighted by atomic mass is 14.7. The average Bonchev–Trinajstić information content (AvgIpc) is 2.87. The number of nitrogens with one attached hydrogen (secondary N) is 1. The Morgan fingerprint density at radius 3 is 2.43 bits per heavy atom. The second-order valence-corrected chi connectivity index (χ2v) is 3.24. The Balaban J connectivity index is 0.000000222. The number of rotatable bonds is 0. The van der Waals surface area contributed by atoms with Gasteiger partial charge in [0.2, 0.25) is 0 Å². The number of aromatic amines is 1. The first-order valence-corrected chi connectivity index (χ1v) is 5.80. The van der Waals surface area contributed by atoms with Crippen LogP contribution < -0.4 is 10.6 Å². The number of hydrogen-bond donors (Lipinski definition) is 1. The van der Waals surface area contributed by atoms with Crippen LogP contribution >= 0.6 is 0 Å². The molecular formula is C13H21N. The van der Waals surface area contributed by atoms with E-state index < -0.39 is 0 Å². The van der Waals surface area contributed by atoms with E-state index in [1.807, 2.05) is 33.9 Å². The number of H-pyrrole nitrogens is 1. The van der Waals surface area contributed by atoms with Crippen LogP contribution in [0.15, 0.2) is 12.3 Å². The fourth-order valence-corrected chi connectivity index (χ4v) is 1.75. The highest BCUT2D eigenvalue weighted by Crippen LogP contribution is 2.41. The minimum atomic E-state index is 0.867. The first kappa shape index (κ1) is 11.1. The first-order valence-electron chi connectivity index (χ1n) is 5.80. The summed E-state index contributed by atoms with van der Waals surface area (Å²) < 4.78 is 0. The van der Waals surface area contributed by atoms with Crippen molar-refractivity contribution in [2.75, 3.05) is 0 Å². The summed E-state index contributed by atoms with van der Waals surface area (Å²) in [5.74, 6) is 1.74. The second kappa shape index (κ2) is 5.04. The minimum Gasteiger partial charge on any atom is -0.361 e. The summed E-state index contributed by atoms with van der Waals surface area (Å²) in [5, 5.41) is 2.73. The highest BCUT2D eigenvalue weighted by Gasteiger charge is 2.34. The SMILES string of the molecule is C1=c2cc[nH]c2=CC2CC12.CC.CC. The molecule has 1 aromatic rings. The Morgan fingerprint density at radius 2 is 1.71 bits per heavy atom. The lowest BCUT2D eigenvalue weighted by molar-refractivity contribution is 1.05. The maximum absolute atomic E-state index is 3.23. The van der Waals surface area contributed by atoms with Crippen LogP contribution in [0.5, 0.6) is 0 Å². The van der Waals surface area contributed by atoms with Crippen LogP contribution in [0.4, 0.5) is 0 Å². The van der Waals surface area contributed by atoms with Gasteiger partial charge in [0.1, 0.15) is 0 Å². The zero-order valence-corrected chi connectivity index (χ0v) is 9.67. The fourth-order valence-electron chi connectivity index (χ4n) is 1.75. The molecule has 0 radical (unpaired) electrons. The second-order valence-electron chi connectivity index (χ2n) is 3.24. The molecular weight excluding hydrogens is 170 g/mol. The lowest BCUT2D eigenvalue weighted by Gasteiger charge is -1.90. The summed E-state index contributed by atoms with van der Waals surface area (Å²) in [7, 11) is 0. The molecule has 0 amide bonds. The molecule has 2 unspecified atom stereocenters. The quantitative estimate of drug-likeness (QED) is 0.647. The first-order chi connectivity index (χ1) is 6.93. The van der Waals surface area contributed by atoms with Gasteiger partial charge in [-0.1, -0.05) is 39.8 Å². The lowest BCUT2D eigenvalue weighted by Crippen LogP contribution is -2.24. The van der Waals surface area contributed by atoms with E-state index in [0.717, 1.165) is 11.8 Å². The van der Waals surface area contributed by atoms with Crippen LogP contribution in [0.2, 0.25) is 0 Å². The maximum Gasteiger partial charge on any atom is 0.0413 e. The van der Waals surface area contributed by atoms with Crippen LogP contribution in [-0.4, -0.2) is 4.98 Å². The third-order valence-corrected chi connectivity index (χ3v) is 2.48. The smallest absolute Gasteiger partial charge is 0.0413 e. The van der Waals surface area contributed by atoms with E-state index in [1.54, 1.807) is 0 Å². The maximum atomic E-state index is 3.23. The van der Waals surface area contributed by atoms with Gasteiger partial charge in [-0.2, -0.15) is 0 Å². The Morgan fingerprint density at radius 1 is 1.07 bits per heavy atom. The molecule has 2 aliphatic carbocycles. The van der Waals surface area contributed by atoms with Gasteiger partial charge in [-0.25, -0.2) is 0 Å². The molecule has 2 atom stereocenters. The summed E-state index contributed by atoms with van der Waals surface area (Å²) in [5.41, 5.74) is 0. The number of hydrogen-bond acceptors (Lipinski definition) is 0. The molecule has 3 rings (SSSR count). The van der Waals surface area contributed by atoms with Gasteiger partial charge in [0.05, 0.1) is 0 Å². The summed E-state index contributed by atoms with van der Waals surface area (Å²) in [6.07, 6.45) is 8.14. The third-order valence-electron chi connectivity index (χ3n) is 2.48. The topological polar surface area (TPSA) is 15.8 Å². The molecule has 78 valence electrons. The molecule has 0 spiro atoms. The predicted molar refractivity (Wildman–Crippen MR) is 63.3 cm³/mol. The van der Waals surface area contributed by atoms with Crippen LogP contribution in [0, 0.1) is 11.8 Å². The Hall–Kier alpha value is -0.980. The number of aromatic nitrogens is 1. The number of fused-ring (bicyclic) bond motifs is 2. The van der Waals surface area contributed by atoms with Crippen molar-refractivity contribution in [3.05, 3.63) is 22.8 Å². The molecule has 1 nitrogen and oxygen atoms in total. The van der Waals surface area contributed by atoms with Crippen LogP contribution in [0.3, 0.4) is 0 Å². The van der Waals surface area contributed by atoms with E-state index in [4.69, 9.17) is 0 Å². The van der Waals surface area contributed by atoms with Crippen LogP contribution in [0.25, 0.3) is 12.2 Å². The summed E-state index contributed by atoms with van der Waals surface area (Å²) >= 11 is 0. The van der Waals surface area contributed by atoms with Crippen molar-refractivity contribution in [2.24, 2.45) is 11.8 Å². The van der Waals surface area contributed by atoms with Gasteiger partial charge in [-0.3, -0.25) is 0 Å². The minimum absolute atomic E-state index is 0.867. The summed E-state index contributed by atoms with van der Waals surface area (Å²) in [4.78, 5) is 3.23. The normalized spacial score (nSPS) is 24.6. The van der Waals surface area contributed by atoms with E-state index >= 15 is 0 Å². The van der Waals surface area contributed by atoms with Gasteiger partial charge < -0.3 is 4.98 Å². The van der Waals surface area contributed by atoms with Crippen molar-refractivity contribution in [3.8, 4) is 0 Å². The van der Waals surface area contributed by atoms with E-state index in [1.165, 1.54) is 17.0 Å².